The van der Waals surface area contributed by atoms with Crippen LogP contribution in [0.1, 0.15) is 35.9 Å². The van der Waals surface area contributed by atoms with Gasteiger partial charge in [0.2, 0.25) is 0 Å². The summed E-state index contributed by atoms with van der Waals surface area (Å²) >= 11 is 0. The lowest BCUT2D eigenvalue weighted by Gasteiger charge is -2.22. The predicted octanol–water partition coefficient (Wildman–Crippen LogP) is 0.481. The van der Waals surface area contributed by atoms with E-state index in [1.54, 1.807) is 11.7 Å². The Kier molecular flexibility index (Phi) is 5.55. The fourth-order valence-electron chi connectivity index (χ4n) is 2.35. The van der Waals surface area contributed by atoms with Crippen molar-refractivity contribution >= 4 is 5.91 Å². The molecule has 1 saturated heterocycles. The number of aryl methyl sites for hydroxylation is 2. The van der Waals surface area contributed by atoms with Crippen molar-refractivity contribution < 1.29 is 9.53 Å². The normalized spacial score (nSPS) is 16.3. The second-order valence-electron chi connectivity index (χ2n) is 5.07. The van der Waals surface area contributed by atoms with Crippen LogP contribution in [0.15, 0.2) is 6.07 Å². The van der Waals surface area contributed by atoms with Crippen molar-refractivity contribution in [2.75, 3.05) is 26.2 Å². The van der Waals surface area contributed by atoms with Gasteiger partial charge >= 0.3 is 0 Å². The van der Waals surface area contributed by atoms with E-state index in [0.717, 1.165) is 38.0 Å². The Bertz CT molecular complexity index is 438. The molecule has 2 rings (SSSR count). The zero-order chi connectivity index (χ0) is 14.4. The van der Waals surface area contributed by atoms with E-state index in [4.69, 9.17) is 4.74 Å². The summed E-state index contributed by atoms with van der Waals surface area (Å²) in [6, 6.07) is 1.84. The predicted molar refractivity (Wildman–Crippen MR) is 76.8 cm³/mol. The van der Waals surface area contributed by atoms with Gasteiger partial charge < -0.3 is 15.4 Å². The van der Waals surface area contributed by atoms with Crippen LogP contribution in [-0.4, -0.2) is 48.0 Å². The van der Waals surface area contributed by atoms with E-state index >= 15 is 0 Å². The SMILES string of the molecule is CCc1cc(C(=O)NCCOC2CCNCC2)n(C)n1. The molecule has 1 aromatic rings. The third-order valence-corrected chi connectivity index (χ3v) is 3.55. The van der Waals surface area contributed by atoms with E-state index in [2.05, 4.69) is 15.7 Å². The first kappa shape index (κ1) is 15.0. The molecule has 0 aliphatic carbocycles. The van der Waals surface area contributed by atoms with Gasteiger partial charge in [-0.3, -0.25) is 9.48 Å². The largest absolute Gasteiger partial charge is 0.376 e. The molecule has 6 heteroatoms. The molecule has 20 heavy (non-hydrogen) atoms. The summed E-state index contributed by atoms with van der Waals surface area (Å²) in [5, 5.41) is 10.4. The van der Waals surface area contributed by atoms with Gasteiger partial charge in [0.15, 0.2) is 0 Å². The van der Waals surface area contributed by atoms with Gasteiger partial charge in [-0.25, -0.2) is 0 Å². The van der Waals surface area contributed by atoms with E-state index in [1.807, 2.05) is 13.0 Å². The topological polar surface area (TPSA) is 68.2 Å². The summed E-state index contributed by atoms with van der Waals surface area (Å²) in [6.45, 7) is 5.17. The Balaban J connectivity index is 1.70. The molecule has 0 aromatic carbocycles. The van der Waals surface area contributed by atoms with Gasteiger partial charge in [0, 0.05) is 13.6 Å². The van der Waals surface area contributed by atoms with Gasteiger partial charge in [-0.2, -0.15) is 5.10 Å². The number of rotatable bonds is 6. The highest BCUT2D eigenvalue weighted by Crippen LogP contribution is 2.06. The van der Waals surface area contributed by atoms with Crippen LogP contribution < -0.4 is 10.6 Å². The van der Waals surface area contributed by atoms with Gasteiger partial charge in [0.25, 0.3) is 5.91 Å². The zero-order valence-corrected chi connectivity index (χ0v) is 12.3. The van der Waals surface area contributed by atoms with Crippen molar-refractivity contribution in [1.29, 1.82) is 0 Å². The summed E-state index contributed by atoms with van der Waals surface area (Å²) in [5.74, 6) is -0.0892. The average Bonchev–Trinajstić information content (AvgIpc) is 2.86. The van der Waals surface area contributed by atoms with E-state index in [1.165, 1.54) is 0 Å². The third kappa shape index (κ3) is 4.05. The van der Waals surface area contributed by atoms with Crippen molar-refractivity contribution in [3.8, 4) is 0 Å². The summed E-state index contributed by atoms with van der Waals surface area (Å²) < 4.78 is 7.38. The van der Waals surface area contributed by atoms with E-state index < -0.39 is 0 Å². The fraction of sp³-hybridized carbons (Fsp3) is 0.714. The number of amides is 1. The lowest BCUT2D eigenvalue weighted by atomic mass is 10.1. The molecule has 0 atom stereocenters. The third-order valence-electron chi connectivity index (χ3n) is 3.55. The van der Waals surface area contributed by atoms with Gasteiger partial charge in [0.05, 0.1) is 18.4 Å². The molecule has 0 radical (unpaired) electrons. The van der Waals surface area contributed by atoms with Crippen molar-refractivity contribution in [3.05, 3.63) is 17.5 Å². The molecule has 0 bridgehead atoms. The standard InChI is InChI=1S/C14H24N4O2/c1-3-11-10-13(18(2)17-11)14(19)16-8-9-20-12-4-6-15-7-5-12/h10,12,15H,3-9H2,1-2H3,(H,16,19). The van der Waals surface area contributed by atoms with Crippen molar-refractivity contribution in [2.45, 2.75) is 32.3 Å². The Hall–Kier alpha value is -1.40. The second kappa shape index (κ2) is 7.40. The Morgan fingerprint density at radius 1 is 1.55 bits per heavy atom. The summed E-state index contributed by atoms with van der Waals surface area (Å²) in [6.07, 6.45) is 3.27. The average molecular weight is 280 g/mol. The Morgan fingerprint density at radius 2 is 2.30 bits per heavy atom. The first-order valence-electron chi connectivity index (χ1n) is 7.34. The van der Waals surface area contributed by atoms with Gasteiger partial charge in [-0.05, 0) is 38.4 Å². The highest BCUT2D eigenvalue weighted by atomic mass is 16.5. The number of carbonyl (C=O) groups excluding carboxylic acids is 1. The van der Waals surface area contributed by atoms with E-state index in [0.29, 0.717) is 24.9 Å². The molecule has 2 heterocycles. The van der Waals surface area contributed by atoms with Crippen LogP contribution in [0.5, 0.6) is 0 Å². The van der Waals surface area contributed by atoms with Gasteiger partial charge in [-0.15, -0.1) is 0 Å². The minimum absolute atomic E-state index is 0.0892. The van der Waals surface area contributed by atoms with Crippen LogP contribution in [0.3, 0.4) is 0 Å². The molecule has 1 fully saturated rings. The van der Waals surface area contributed by atoms with Gasteiger partial charge in [0.1, 0.15) is 5.69 Å². The van der Waals surface area contributed by atoms with Crippen LogP contribution in [0.2, 0.25) is 0 Å². The smallest absolute Gasteiger partial charge is 0.269 e. The quantitative estimate of drug-likeness (QED) is 0.744. The Morgan fingerprint density at radius 3 is 2.95 bits per heavy atom. The van der Waals surface area contributed by atoms with E-state index in [-0.39, 0.29) is 5.91 Å². The lowest BCUT2D eigenvalue weighted by molar-refractivity contribution is 0.0343. The minimum Gasteiger partial charge on any atom is -0.376 e. The maximum atomic E-state index is 12.0. The number of aromatic nitrogens is 2. The summed E-state index contributed by atoms with van der Waals surface area (Å²) in [7, 11) is 1.79. The number of hydrogen-bond donors (Lipinski definition) is 2. The minimum atomic E-state index is -0.0892. The summed E-state index contributed by atoms with van der Waals surface area (Å²) in [4.78, 5) is 12.0. The molecule has 1 amide bonds. The molecule has 1 aliphatic heterocycles. The zero-order valence-electron chi connectivity index (χ0n) is 12.3. The van der Waals surface area contributed by atoms with E-state index in [9.17, 15) is 4.79 Å². The first-order chi connectivity index (χ1) is 9.70. The highest BCUT2D eigenvalue weighted by Gasteiger charge is 2.14. The number of nitrogens with one attached hydrogen (secondary N) is 2. The molecular weight excluding hydrogens is 256 g/mol. The number of hydrogen-bond acceptors (Lipinski definition) is 4. The molecular formula is C14H24N4O2. The lowest BCUT2D eigenvalue weighted by Crippen LogP contribution is -2.35. The van der Waals surface area contributed by atoms with Crippen LogP contribution in [0.4, 0.5) is 0 Å². The Labute approximate surface area is 119 Å². The number of carbonyl (C=O) groups is 1. The first-order valence-corrected chi connectivity index (χ1v) is 7.34. The monoisotopic (exact) mass is 280 g/mol. The van der Waals surface area contributed by atoms with Gasteiger partial charge in [-0.1, -0.05) is 6.92 Å². The van der Waals surface area contributed by atoms with Crippen LogP contribution in [0.25, 0.3) is 0 Å². The number of ether oxygens (including phenoxy) is 1. The molecule has 6 nitrogen and oxygen atoms in total. The number of nitrogens with zero attached hydrogens (tertiary/aromatic N) is 2. The van der Waals surface area contributed by atoms with Crippen molar-refractivity contribution in [2.24, 2.45) is 7.05 Å². The van der Waals surface area contributed by atoms with Crippen LogP contribution in [0, 0.1) is 0 Å². The highest BCUT2D eigenvalue weighted by molar-refractivity contribution is 5.92. The number of piperidine rings is 1. The maximum Gasteiger partial charge on any atom is 0.269 e. The second-order valence-corrected chi connectivity index (χ2v) is 5.07. The molecule has 1 aliphatic rings. The molecule has 2 N–H and O–H groups in total. The fourth-order valence-corrected chi connectivity index (χ4v) is 2.35. The molecule has 112 valence electrons. The van der Waals surface area contributed by atoms with Crippen molar-refractivity contribution in [3.63, 3.8) is 0 Å². The maximum absolute atomic E-state index is 12.0. The summed E-state index contributed by atoms with van der Waals surface area (Å²) in [5.41, 5.74) is 1.53. The van der Waals surface area contributed by atoms with Crippen LogP contribution in [-0.2, 0) is 18.2 Å². The molecule has 0 spiro atoms. The molecule has 0 unspecified atom stereocenters. The van der Waals surface area contributed by atoms with Crippen LogP contribution >= 0.6 is 0 Å². The molecule has 0 saturated carbocycles. The van der Waals surface area contributed by atoms with Crippen molar-refractivity contribution in [1.82, 2.24) is 20.4 Å². The molecule has 1 aromatic heterocycles.